The summed E-state index contributed by atoms with van der Waals surface area (Å²) in [7, 11) is 1.95. The van der Waals surface area contributed by atoms with Crippen LogP contribution in [0.15, 0.2) is 18.2 Å². The normalized spacial score (nSPS) is 22.8. The van der Waals surface area contributed by atoms with Crippen molar-refractivity contribution in [3.63, 3.8) is 0 Å². The van der Waals surface area contributed by atoms with Crippen molar-refractivity contribution in [2.24, 2.45) is 7.05 Å². The van der Waals surface area contributed by atoms with Gasteiger partial charge in [0.25, 0.3) is 0 Å². The summed E-state index contributed by atoms with van der Waals surface area (Å²) >= 11 is 0. The maximum absolute atomic E-state index is 12.3. The maximum Gasteiger partial charge on any atom is 0.235 e. The van der Waals surface area contributed by atoms with Crippen molar-refractivity contribution in [1.82, 2.24) is 20.4 Å². The number of amides is 2. The highest BCUT2D eigenvalue weighted by atomic mass is 16.2. The van der Waals surface area contributed by atoms with E-state index in [1.807, 2.05) is 17.8 Å². The molecule has 2 saturated heterocycles. The van der Waals surface area contributed by atoms with E-state index < -0.39 is 0 Å². The number of carbonyl (C=O) groups is 2. The van der Waals surface area contributed by atoms with E-state index in [-0.39, 0.29) is 17.7 Å². The predicted molar refractivity (Wildman–Crippen MR) is 90.7 cm³/mol. The van der Waals surface area contributed by atoms with Gasteiger partial charge in [0, 0.05) is 18.9 Å². The molecule has 0 saturated carbocycles. The summed E-state index contributed by atoms with van der Waals surface area (Å²) in [5.74, 6) is -0.222. The Kier molecular flexibility index (Phi) is 3.84. The Hall–Kier alpha value is -2.21. The second kappa shape index (κ2) is 6.02. The Labute approximate surface area is 140 Å². The van der Waals surface area contributed by atoms with Crippen LogP contribution in [-0.2, 0) is 16.6 Å². The molecule has 2 fully saturated rings. The fraction of sp³-hybridized carbons (Fsp3) is 0.500. The molecule has 0 spiro atoms. The van der Waals surface area contributed by atoms with Crippen LogP contribution < -0.4 is 10.6 Å². The van der Waals surface area contributed by atoms with Gasteiger partial charge in [0.15, 0.2) is 0 Å². The molecule has 2 aliphatic heterocycles. The number of hydrogen-bond acceptors (Lipinski definition) is 4. The zero-order chi connectivity index (χ0) is 16.7. The number of imide groups is 1. The van der Waals surface area contributed by atoms with Crippen molar-refractivity contribution >= 4 is 22.7 Å². The summed E-state index contributed by atoms with van der Waals surface area (Å²) in [5.41, 5.74) is 3.25. The third-order valence-corrected chi connectivity index (χ3v) is 5.27. The molecule has 3 heterocycles. The van der Waals surface area contributed by atoms with E-state index in [9.17, 15) is 9.59 Å². The number of rotatable bonds is 2. The molecule has 0 aliphatic carbocycles. The molecule has 2 aliphatic rings. The van der Waals surface area contributed by atoms with Crippen LogP contribution >= 0.6 is 0 Å². The van der Waals surface area contributed by atoms with Crippen LogP contribution in [0.25, 0.3) is 10.9 Å². The van der Waals surface area contributed by atoms with Gasteiger partial charge in [0.2, 0.25) is 11.8 Å². The average Bonchev–Trinajstić information content (AvgIpc) is 2.93. The van der Waals surface area contributed by atoms with Gasteiger partial charge in [-0.2, -0.15) is 5.10 Å². The van der Waals surface area contributed by atoms with Crippen LogP contribution in [0.5, 0.6) is 0 Å². The van der Waals surface area contributed by atoms with Gasteiger partial charge < -0.3 is 5.32 Å². The molecule has 1 unspecified atom stereocenters. The molecule has 6 heteroatoms. The number of aromatic nitrogens is 2. The van der Waals surface area contributed by atoms with Gasteiger partial charge in [-0.3, -0.25) is 19.6 Å². The number of piperidine rings is 2. The first-order valence-electron chi connectivity index (χ1n) is 8.65. The smallest absolute Gasteiger partial charge is 0.235 e. The second-order valence-electron chi connectivity index (χ2n) is 6.78. The average molecular weight is 326 g/mol. The standard InChI is InChI=1S/C18H22N4O2/c1-22-17-12(11-7-9-19-10-8-11)3-2-4-13(17)16(21-22)14-5-6-15(23)20-18(14)24/h2-4,11,14,19H,5-10H2,1H3,(H,20,23,24). The fourth-order valence-corrected chi connectivity index (χ4v) is 4.07. The monoisotopic (exact) mass is 326 g/mol. The first-order valence-corrected chi connectivity index (χ1v) is 8.65. The van der Waals surface area contributed by atoms with Crippen molar-refractivity contribution in [3.05, 3.63) is 29.5 Å². The van der Waals surface area contributed by atoms with E-state index in [1.54, 1.807) is 0 Å². The SMILES string of the molecule is Cn1nc(C2CCC(=O)NC2=O)c2cccc(C3CCNCC3)c21. The lowest BCUT2D eigenvalue weighted by Crippen LogP contribution is -2.39. The summed E-state index contributed by atoms with van der Waals surface area (Å²) in [5, 5.41) is 11.6. The molecule has 0 radical (unpaired) electrons. The van der Waals surface area contributed by atoms with Gasteiger partial charge in [-0.05, 0) is 43.8 Å². The largest absolute Gasteiger partial charge is 0.317 e. The minimum absolute atomic E-state index is 0.188. The number of nitrogens with one attached hydrogen (secondary N) is 2. The zero-order valence-electron chi connectivity index (χ0n) is 13.8. The number of carbonyl (C=O) groups excluding carboxylic acids is 2. The minimum Gasteiger partial charge on any atom is -0.317 e. The van der Waals surface area contributed by atoms with Gasteiger partial charge in [0.05, 0.1) is 17.1 Å². The lowest BCUT2D eigenvalue weighted by atomic mass is 9.87. The van der Waals surface area contributed by atoms with Crippen LogP contribution in [-0.4, -0.2) is 34.7 Å². The van der Waals surface area contributed by atoms with Crippen LogP contribution in [0.4, 0.5) is 0 Å². The molecular formula is C18H22N4O2. The van der Waals surface area contributed by atoms with Crippen molar-refractivity contribution < 1.29 is 9.59 Å². The first-order chi connectivity index (χ1) is 11.6. The van der Waals surface area contributed by atoms with Crippen molar-refractivity contribution in [2.75, 3.05) is 13.1 Å². The highest BCUT2D eigenvalue weighted by Gasteiger charge is 2.32. The number of aryl methyl sites for hydroxylation is 1. The number of para-hydroxylation sites is 1. The van der Waals surface area contributed by atoms with Gasteiger partial charge >= 0.3 is 0 Å². The van der Waals surface area contributed by atoms with Crippen LogP contribution in [0, 0.1) is 0 Å². The summed E-state index contributed by atoms with van der Waals surface area (Å²) in [6.45, 7) is 2.08. The lowest BCUT2D eigenvalue weighted by Gasteiger charge is -2.24. The molecule has 2 N–H and O–H groups in total. The Bertz CT molecular complexity index is 805. The topological polar surface area (TPSA) is 76.0 Å². The Morgan fingerprint density at radius 3 is 2.71 bits per heavy atom. The first kappa shape index (κ1) is 15.3. The van der Waals surface area contributed by atoms with Gasteiger partial charge in [0.1, 0.15) is 0 Å². The molecule has 4 rings (SSSR count). The highest BCUT2D eigenvalue weighted by molar-refractivity contribution is 6.02. The lowest BCUT2D eigenvalue weighted by molar-refractivity contribution is -0.134. The summed E-state index contributed by atoms with van der Waals surface area (Å²) < 4.78 is 1.91. The van der Waals surface area contributed by atoms with Crippen LogP contribution in [0.2, 0.25) is 0 Å². The van der Waals surface area contributed by atoms with E-state index >= 15 is 0 Å². The highest BCUT2D eigenvalue weighted by Crippen LogP contribution is 2.36. The molecule has 1 atom stereocenters. The van der Waals surface area contributed by atoms with E-state index in [0.717, 1.165) is 42.5 Å². The molecule has 6 nitrogen and oxygen atoms in total. The van der Waals surface area contributed by atoms with Crippen molar-refractivity contribution in [3.8, 4) is 0 Å². The van der Waals surface area contributed by atoms with Gasteiger partial charge in [-0.15, -0.1) is 0 Å². The number of hydrogen-bond donors (Lipinski definition) is 2. The molecule has 126 valence electrons. The van der Waals surface area contributed by atoms with E-state index in [4.69, 9.17) is 0 Å². The fourth-order valence-electron chi connectivity index (χ4n) is 4.07. The van der Waals surface area contributed by atoms with E-state index in [2.05, 4.69) is 27.9 Å². The van der Waals surface area contributed by atoms with Gasteiger partial charge in [-0.1, -0.05) is 18.2 Å². The molecule has 24 heavy (non-hydrogen) atoms. The molecule has 2 aromatic rings. The minimum atomic E-state index is -0.338. The van der Waals surface area contributed by atoms with Crippen molar-refractivity contribution in [2.45, 2.75) is 37.5 Å². The number of benzene rings is 1. The summed E-state index contributed by atoms with van der Waals surface area (Å²) in [6.07, 6.45) is 3.16. The summed E-state index contributed by atoms with van der Waals surface area (Å²) in [4.78, 5) is 23.7. The molecule has 0 bridgehead atoms. The summed E-state index contributed by atoms with van der Waals surface area (Å²) in [6, 6.07) is 6.30. The van der Waals surface area contributed by atoms with Gasteiger partial charge in [-0.25, -0.2) is 0 Å². The predicted octanol–water partition coefficient (Wildman–Crippen LogP) is 1.56. The third kappa shape index (κ3) is 2.51. The molecule has 1 aromatic heterocycles. The van der Waals surface area contributed by atoms with E-state index in [1.165, 1.54) is 5.56 Å². The quantitative estimate of drug-likeness (QED) is 0.821. The second-order valence-corrected chi connectivity index (χ2v) is 6.78. The molecule has 2 amide bonds. The number of fused-ring (bicyclic) bond motifs is 1. The Balaban J connectivity index is 1.78. The van der Waals surface area contributed by atoms with E-state index in [0.29, 0.717) is 18.8 Å². The molecular weight excluding hydrogens is 304 g/mol. The Morgan fingerprint density at radius 1 is 1.17 bits per heavy atom. The van der Waals surface area contributed by atoms with Crippen molar-refractivity contribution in [1.29, 1.82) is 0 Å². The zero-order valence-corrected chi connectivity index (χ0v) is 13.8. The number of nitrogens with zero attached hydrogens (tertiary/aromatic N) is 2. The maximum atomic E-state index is 12.3. The van der Waals surface area contributed by atoms with Crippen LogP contribution in [0.3, 0.4) is 0 Å². The Morgan fingerprint density at radius 2 is 1.96 bits per heavy atom. The molecule has 1 aromatic carbocycles. The third-order valence-electron chi connectivity index (χ3n) is 5.27. The van der Waals surface area contributed by atoms with Crippen LogP contribution in [0.1, 0.15) is 48.8 Å².